The van der Waals surface area contributed by atoms with Crippen LogP contribution in [0.3, 0.4) is 0 Å². The van der Waals surface area contributed by atoms with Gasteiger partial charge in [0.15, 0.2) is 5.13 Å². The molecule has 2 aromatic rings. The second-order valence-electron chi connectivity index (χ2n) is 3.46. The Bertz CT molecular complexity index is 607. The molecule has 0 aromatic carbocycles. The summed E-state index contributed by atoms with van der Waals surface area (Å²) >= 11 is 6.90. The molecule has 0 saturated heterocycles. The molecule has 100 valence electrons. The average molecular weight is 301 g/mol. The highest BCUT2D eigenvalue weighted by Gasteiger charge is 2.15. The lowest BCUT2D eigenvalue weighted by molar-refractivity contribution is -0.139. The van der Waals surface area contributed by atoms with Gasteiger partial charge in [0.25, 0.3) is 5.91 Å². The third-order valence-corrected chi connectivity index (χ3v) is 3.29. The van der Waals surface area contributed by atoms with Gasteiger partial charge in [-0.2, -0.15) is 0 Å². The zero-order valence-corrected chi connectivity index (χ0v) is 11.4. The number of carbonyl (C=O) groups excluding carboxylic acids is 2. The molecule has 2 aromatic heterocycles. The van der Waals surface area contributed by atoms with Crippen LogP contribution in [0.15, 0.2) is 22.1 Å². The maximum absolute atomic E-state index is 11.8. The van der Waals surface area contributed by atoms with Crippen molar-refractivity contribution in [1.82, 2.24) is 4.98 Å². The van der Waals surface area contributed by atoms with E-state index in [4.69, 9.17) is 16.0 Å². The fourth-order valence-electron chi connectivity index (χ4n) is 1.29. The molecule has 0 aliphatic rings. The number of hydrogen-bond donors (Lipinski definition) is 1. The van der Waals surface area contributed by atoms with E-state index in [1.807, 2.05) is 0 Å². The van der Waals surface area contributed by atoms with Gasteiger partial charge in [-0.05, 0) is 17.7 Å². The predicted molar refractivity (Wildman–Crippen MR) is 69.5 cm³/mol. The maximum atomic E-state index is 11.8. The summed E-state index contributed by atoms with van der Waals surface area (Å²) in [6.07, 6.45) is 1.39. The standard InChI is InChI=1S/C11H9ClN2O4S/c1-17-8(15)4-6-5-19-11(13-6)14-10(16)7-2-3-18-9(7)12/h2-3,5H,4H2,1H3,(H,13,14,16). The lowest BCUT2D eigenvalue weighted by Gasteiger charge is -1.98. The maximum Gasteiger partial charge on any atom is 0.311 e. The van der Waals surface area contributed by atoms with Crippen LogP contribution in [0.1, 0.15) is 16.1 Å². The van der Waals surface area contributed by atoms with Crippen LogP contribution < -0.4 is 5.32 Å². The van der Waals surface area contributed by atoms with Gasteiger partial charge in [-0.25, -0.2) is 4.98 Å². The number of nitrogens with zero attached hydrogens (tertiary/aromatic N) is 1. The first-order valence-corrected chi connectivity index (χ1v) is 6.41. The third-order valence-electron chi connectivity index (χ3n) is 2.19. The molecular weight excluding hydrogens is 292 g/mol. The lowest BCUT2D eigenvalue weighted by Crippen LogP contribution is -2.11. The number of esters is 1. The number of methoxy groups -OCH3 is 1. The Morgan fingerprint density at radius 2 is 2.37 bits per heavy atom. The summed E-state index contributed by atoms with van der Waals surface area (Å²) in [5.74, 6) is -0.807. The SMILES string of the molecule is COC(=O)Cc1csc(NC(=O)c2ccoc2Cl)n1. The molecule has 0 fully saturated rings. The molecule has 0 unspecified atom stereocenters. The van der Waals surface area contributed by atoms with E-state index in [2.05, 4.69) is 15.0 Å². The van der Waals surface area contributed by atoms with Crippen molar-refractivity contribution >= 4 is 39.9 Å². The van der Waals surface area contributed by atoms with E-state index < -0.39 is 5.91 Å². The van der Waals surface area contributed by atoms with Crippen LogP contribution in [0.25, 0.3) is 0 Å². The van der Waals surface area contributed by atoms with E-state index in [9.17, 15) is 9.59 Å². The minimum absolute atomic E-state index is 0.0174. The van der Waals surface area contributed by atoms with Crippen molar-refractivity contribution in [3.63, 3.8) is 0 Å². The monoisotopic (exact) mass is 300 g/mol. The number of thiazole rings is 1. The van der Waals surface area contributed by atoms with Gasteiger partial charge in [0.05, 0.1) is 31.1 Å². The number of hydrogen-bond acceptors (Lipinski definition) is 6. The fraction of sp³-hybridized carbons (Fsp3) is 0.182. The Balaban J connectivity index is 2.02. The van der Waals surface area contributed by atoms with Crippen molar-refractivity contribution in [3.05, 3.63) is 34.2 Å². The van der Waals surface area contributed by atoms with Gasteiger partial charge in [-0.15, -0.1) is 11.3 Å². The van der Waals surface area contributed by atoms with Crippen molar-refractivity contribution in [2.24, 2.45) is 0 Å². The minimum Gasteiger partial charge on any atom is -0.469 e. The number of anilines is 1. The molecular formula is C11H9ClN2O4S. The van der Waals surface area contributed by atoms with Gasteiger partial charge in [-0.1, -0.05) is 0 Å². The largest absolute Gasteiger partial charge is 0.469 e. The number of nitrogens with one attached hydrogen (secondary N) is 1. The van der Waals surface area contributed by atoms with E-state index in [0.29, 0.717) is 10.8 Å². The van der Waals surface area contributed by atoms with Crippen molar-refractivity contribution < 1.29 is 18.7 Å². The summed E-state index contributed by atoms with van der Waals surface area (Å²) in [5.41, 5.74) is 0.761. The molecule has 0 radical (unpaired) electrons. The van der Waals surface area contributed by atoms with E-state index in [1.165, 1.54) is 30.8 Å². The van der Waals surface area contributed by atoms with Crippen molar-refractivity contribution in [2.45, 2.75) is 6.42 Å². The van der Waals surface area contributed by atoms with E-state index in [-0.39, 0.29) is 23.2 Å². The topological polar surface area (TPSA) is 81.4 Å². The van der Waals surface area contributed by atoms with Crippen LogP contribution in [-0.4, -0.2) is 24.0 Å². The number of halogens is 1. The van der Waals surface area contributed by atoms with Gasteiger partial charge in [0.2, 0.25) is 5.22 Å². The first-order valence-electron chi connectivity index (χ1n) is 5.15. The first kappa shape index (κ1) is 13.6. The Labute approximate surface area is 117 Å². The van der Waals surface area contributed by atoms with Crippen LogP contribution in [-0.2, 0) is 16.0 Å². The normalized spacial score (nSPS) is 10.2. The van der Waals surface area contributed by atoms with Gasteiger partial charge in [0.1, 0.15) is 0 Å². The highest BCUT2D eigenvalue weighted by Crippen LogP contribution is 2.20. The highest BCUT2D eigenvalue weighted by atomic mass is 35.5. The molecule has 2 heterocycles. The number of carbonyl (C=O) groups is 2. The molecule has 0 bridgehead atoms. The Morgan fingerprint density at radius 3 is 3.00 bits per heavy atom. The van der Waals surface area contributed by atoms with Crippen molar-refractivity contribution in [3.8, 4) is 0 Å². The Kier molecular flexibility index (Phi) is 4.18. The molecule has 0 saturated carbocycles. The molecule has 0 aliphatic carbocycles. The molecule has 2 rings (SSSR count). The van der Waals surface area contributed by atoms with Crippen LogP contribution >= 0.6 is 22.9 Å². The highest BCUT2D eigenvalue weighted by molar-refractivity contribution is 7.14. The van der Waals surface area contributed by atoms with Gasteiger partial charge in [-0.3, -0.25) is 14.9 Å². The second kappa shape index (κ2) is 5.85. The summed E-state index contributed by atoms with van der Waals surface area (Å²) in [5, 5.41) is 4.63. The molecule has 19 heavy (non-hydrogen) atoms. The minimum atomic E-state index is -0.419. The number of amides is 1. The summed E-state index contributed by atoms with van der Waals surface area (Å²) < 4.78 is 9.35. The Morgan fingerprint density at radius 1 is 1.58 bits per heavy atom. The molecule has 1 N–H and O–H groups in total. The molecule has 0 atom stereocenters. The van der Waals surface area contributed by atoms with Crippen LogP contribution in [0.5, 0.6) is 0 Å². The summed E-state index contributed by atoms with van der Waals surface area (Å²) in [6.45, 7) is 0. The van der Waals surface area contributed by atoms with Crippen LogP contribution in [0, 0.1) is 0 Å². The third kappa shape index (κ3) is 3.33. The summed E-state index contributed by atoms with van der Waals surface area (Å²) in [7, 11) is 1.30. The predicted octanol–water partition coefficient (Wildman–Crippen LogP) is 2.36. The molecule has 6 nitrogen and oxygen atoms in total. The van der Waals surface area contributed by atoms with Crippen molar-refractivity contribution in [2.75, 3.05) is 12.4 Å². The molecule has 0 spiro atoms. The average Bonchev–Trinajstić information content (AvgIpc) is 2.98. The van der Waals surface area contributed by atoms with E-state index >= 15 is 0 Å². The first-order chi connectivity index (χ1) is 9.10. The Hall–Kier alpha value is -1.86. The number of aromatic nitrogens is 1. The second-order valence-corrected chi connectivity index (χ2v) is 4.66. The van der Waals surface area contributed by atoms with E-state index in [0.717, 1.165) is 0 Å². The molecule has 8 heteroatoms. The van der Waals surface area contributed by atoms with Crippen LogP contribution in [0.2, 0.25) is 5.22 Å². The van der Waals surface area contributed by atoms with Gasteiger partial charge < -0.3 is 9.15 Å². The fourth-order valence-corrected chi connectivity index (χ4v) is 2.19. The summed E-state index contributed by atoms with van der Waals surface area (Å²) in [6, 6.07) is 1.46. The molecule has 0 aliphatic heterocycles. The van der Waals surface area contributed by atoms with Gasteiger partial charge in [0, 0.05) is 5.38 Å². The zero-order valence-electron chi connectivity index (χ0n) is 9.81. The quantitative estimate of drug-likeness (QED) is 0.877. The molecule has 1 amide bonds. The number of rotatable bonds is 4. The zero-order chi connectivity index (χ0) is 13.8. The lowest BCUT2D eigenvalue weighted by atomic mass is 10.3. The van der Waals surface area contributed by atoms with Gasteiger partial charge >= 0.3 is 5.97 Å². The van der Waals surface area contributed by atoms with Crippen LogP contribution in [0.4, 0.5) is 5.13 Å². The van der Waals surface area contributed by atoms with E-state index in [1.54, 1.807) is 5.38 Å². The number of ether oxygens (including phenoxy) is 1. The number of furan rings is 1. The van der Waals surface area contributed by atoms with Crippen molar-refractivity contribution in [1.29, 1.82) is 0 Å². The summed E-state index contributed by atoms with van der Waals surface area (Å²) in [4.78, 5) is 27.0. The smallest absolute Gasteiger partial charge is 0.311 e.